The van der Waals surface area contributed by atoms with Crippen molar-refractivity contribution in [1.29, 1.82) is 0 Å². The van der Waals surface area contributed by atoms with Crippen molar-refractivity contribution in [3.8, 4) is 11.5 Å². The van der Waals surface area contributed by atoms with E-state index in [-0.39, 0.29) is 30.9 Å². The van der Waals surface area contributed by atoms with E-state index in [2.05, 4.69) is 5.32 Å². The van der Waals surface area contributed by atoms with Gasteiger partial charge >= 0.3 is 24.2 Å². The Morgan fingerprint density at radius 1 is 1.29 bits per heavy atom. The van der Waals surface area contributed by atoms with Crippen LogP contribution in [0.4, 0.5) is 23.7 Å². The highest BCUT2D eigenvalue weighted by Gasteiger charge is 2.38. The number of rotatable bonds is 9. The Balaban J connectivity index is 0.000000718. The molecule has 1 aliphatic heterocycles. The number of carbonyl (C=O) groups excluding carboxylic acids is 1. The molecule has 1 heterocycles. The Labute approximate surface area is 193 Å². The molecule has 0 spiro atoms. The minimum absolute atomic E-state index is 0.0198. The number of ether oxygens (including phenoxy) is 3. The summed E-state index contributed by atoms with van der Waals surface area (Å²) in [4.78, 5) is 41.7. The van der Waals surface area contributed by atoms with Crippen LogP contribution in [0.3, 0.4) is 0 Å². The van der Waals surface area contributed by atoms with Gasteiger partial charge in [0, 0.05) is 23.1 Å². The third-order valence-corrected chi connectivity index (χ3v) is 5.02. The second-order valence-corrected chi connectivity index (χ2v) is 7.75. The fourth-order valence-corrected chi connectivity index (χ4v) is 3.11. The molecule has 13 nitrogen and oxygen atoms in total. The SMILES string of the molecule is CC(SCCOC(=O)NC[C@H](N)C(=O)O)c1cc2c(cc1[N+](=O)[O-])OCO2.O=C(O)C(F)(F)F. The molecule has 1 unspecified atom stereocenters. The zero-order valence-electron chi connectivity index (χ0n) is 17.4. The number of carbonyl (C=O) groups is 3. The first-order valence-electron chi connectivity index (χ1n) is 9.12. The molecule has 34 heavy (non-hydrogen) atoms. The van der Waals surface area contributed by atoms with E-state index in [1.807, 2.05) is 0 Å². The van der Waals surface area contributed by atoms with E-state index in [0.717, 1.165) is 0 Å². The number of carboxylic acids is 2. The average Bonchev–Trinajstić information content (AvgIpc) is 3.21. The maximum atomic E-state index is 11.4. The number of hydrogen-bond donors (Lipinski definition) is 4. The van der Waals surface area contributed by atoms with Gasteiger partial charge in [-0.05, 0) is 13.0 Å². The van der Waals surface area contributed by atoms with Crippen LogP contribution in [0, 0.1) is 10.1 Å². The fourth-order valence-electron chi connectivity index (χ4n) is 2.21. The third kappa shape index (κ3) is 9.18. The number of nitrogens with one attached hydrogen (secondary N) is 1. The van der Waals surface area contributed by atoms with Gasteiger partial charge in [-0.25, -0.2) is 9.59 Å². The van der Waals surface area contributed by atoms with Crippen molar-refractivity contribution in [3.05, 3.63) is 27.8 Å². The molecule has 17 heteroatoms. The van der Waals surface area contributed by atoms with Crippen molar-refractivity contribution >= 4 is 35.5 Å². The molecule has 1 aliphatic rings. The van der Waals surface area contributed by atoms with Gasteiger partial charge in [-0.1, -0.05) is 0 Å². The summed E-state index contributed by atoms with van der Waals surface area (Å²) in [5, 5.41) is 29.0. The molecule has 0 aromatic heterocycles. The molecule has 0 radical (unpaired) electrons. The Morgan fingerprint density at radius 3 is 2.35 bits per heavy atom. The minimum Gasteiger partial charge on any atom is -0.480 e. The molecule has 0 fully saturated rings. The van der Waals surface area contributed by atoms with Crippen molar-refractivity contribution in [2.75, 3.05) is 25.7 Å². The largest absolute Gasteiger partial charge is 0.490 e. The summed E-state index contributed by atoms with van der Waals surface area (Å²) in [6.45, 7) is 1.61. The maximum absolute atomic E-state index is 11.4. The highest BCUT2D eigenvalue weighted by molar-refractivity contribution is 7.99. The highest BCUT2D eigenvalue weighted by atomic mass is 32.2. The molecule has 0 bridgehead atoms. The third-order valence-electron chi connectivity index (χ3n) is 3.87. The van der Waals surface area contributed by atoms with E-state index < -0.39 is 35.2 Å². The number of fused-ring (bicyclic) bond motifs is 1. The lowest BCUT2D eigenvalue weighted by Crippen LogP contribution is -2.42. The van der Waals surface area contributed by atoms with Gasteiger partial charge < -0.3 is 35.5 Å². The van der Waals surface area contributed by atoms with Crippen LogP contribution >= 0.6 is 11.8 Å². The standard InChI is InChI=1S/C15H19N3O8S.C2HF3O2/c1-8(27-3-2-24-15(21)17-6-10(16)14(19)20)9-4-12-13(26-7-25-12)5-11(9)18(22)23;3-2(4,5)1(6)7/h4-5,8,10H,2-3,6-7,16H2,1H3,(H,17,21)(H,19,20);(H,6,7)/t8?,10-;/m0./s1. The Kier molecular flexibility index (Phi) is 10.7. The van der Waals surface area contributed by atoms with Crippen LogP contribution in [-0.2, 0) is 14.3 Å². The Hall–Kier alpha value is -3.47. The van der Waals surface area contributed by atoms with Crippen LogP contribution in [-0.4, -0.2) is 71.1 Å². The first-order chi connectivity index (χ1) is 15.7. The van der Waals surface area contributed by atoms with Gasteiger partial charge in [0.25, 0.3) is 5.69 Å². The summed E-state index contributed by atoms with van der Waals surface area (Å²) in [7, 11) is 0. The number of benzene rings is 1. The zero-order valence-corrected chi connectivity index (χ0v) is 18.2. The molecule has 1 amide bonds. The van der Waals surface area contributed by atoms with Crippen LogP contribution in [0.5, 0.6) is 11.5 Å². The first-order valence-corrected chi connectivity index (χ1v) is 10.2. The number of hydrogen-bond acceptors (Lipinski definition) is 10. The van der Waals surface area contributed by atoms with Crippen molar-refractivity contribution in [1.82, 2.24) is 5.32 Å². The molecule has 2 atom stereocenters. The summed E-state index contributed by atoms with van der Waals surface area (Å²) in [5.74, 6) is -2.82. The van der Waals surface area contributed by atoms with Crippen molar-refractivity contribution in [2.24, 2.45) is 5.73 Å². The van der Waals surface area contributed by atoms with Crippen LogP contribution < -0.4 is 20.5 Å². The Morgan fingerprint density at radius 2 is 1.85 bits per heavy atom. The summed E-state index contributed by atoms with van der Waals surface area (Å²) >= 11 is 1.35. The van der Waals surface area contributed by atoms with E-state index in [1.165, 1.54) is 17.8 Å². The number of alkyl carbamates (subject to hydrolysis) is 1. The lowest BCUT2D eigenvalue weighted by atomic mass is 10.1. The van der Waals surface area contributed by atoms with E-state index in [1.54, 1.807) is 13.0 Å². The number of nitrogens with two attached hydrogens (primary N) is 1. The van der Waals surface area contributed by atoms with Gasteiger partial charge in [-0.3, -0.25) is 14.9 Å². The smallest absolute Gasteiger partial charge is 0.480 e. The predicted octanol–water partition coefficient (Wildman–Crippen LogP) is 1.89. The lowest BCUT2D eigenvalue weighted by Gasteiger charge is -2.13. The van der Waals surface area contributed by atoms with Gasteiger partial charge in [0.15, 0.2) is 11.5 Å². The maximum Gasteiger partial charge on any atom is 0.490 e. The quantitative estimate of drug-likeness (QED) is 0.212. The van der Waals surface area contributed by atoms with Crippen LogP contribution in [0.1, 0.15) is 17.7 Å². The molecule has 5 N–H and O–H groups in total. The number of carboxylic acid groups (broad SMARTS) is 2. The minimum atomic E-state index is -5.08. The first kappa shape index (κ1) is 28.6. The second kappa shape index (κ2) is 12.7. The summed E-state index contributed by atoms with van der Waals surface area (Å²) in [6, 6.07) is 1.71. The molecule has 0 aliphatic carbocycles. The van der Waals surface area contributed by atoms with E-state index in [4.69, 9.17) is 35.0 Å². The number of thioether (sulfide) groups is 1. The molecule has 0 saturated carbocycles. The Bertz CT molecular complexity index is 916. The van der Waals surface area contributed by atoms with Crippen LogP contribution in [0.25, 0.3) is 0 Å². The predicted molar refractivity (Wildman–Crippen MR) is 109 cm³/mol. The van der Waals surface area contributed by atoms with Gasteiger partial charge in [0.1, 0.15) is 12.6 Å². The number of aliphatic carboxylic acids is 2. The average molecular weight is 515 g/mol. The monoisotopic (exact) mass is 515 g/mol. The number of nitro groups is 1. The molecule has 0 saturated heterocycles. The van der Waals surface area contributed by atoms with Gasteiger partial charge in [0.05, 0.1) is 11.0 Å². The molecule has 2 rings (SSSR count). The van der Waals surface area contributed by atoms with Crippen molar-refractivity contribution < 1.29 is 56.9 Å². The van der Waals surface area contributed by atoms with Gasteiger partial charge in [-0.2, -0.15) is 24.9 Å². The number of halogens is 3. The van der Waals surface area contributed by atoms with E-state index >= 15 is 0 Å². The molecule has 1 aromatic carbocycles. The summed E-state index contributed by atoms with van der Waals surface area (Å²) in [6.07, 6.45) is -5.87. The second-order valence-electron chi connectivity index (χ2n) is 6.30. The van der Waals surface area contributed by atoms with Crippen molar-refractivity contribution in [2.45, 2.75) is 24.4 Å². The molecular formula is C17H20F3N3O10S. The van der Waals surface area contributed by atoms with Crippen molar-refractivity contribution in [3.63, 3.8) is 0 Å². The highest BCUT2D eigenvalue weighted by Crippen LogP contribution is 2.43. The molecule has 190 valence electrons. The zero-order chi connectivity index (χ0) is 26.1. The summed E-state index contributed by atoms with van der Waals surface area (Å²) in [5.41, 5.74) is 5.66. The fraction of sp³-hybridized carbons (Fsp3) is 0.471. The lowest BCUT2D eigenvalue weighted by molar-refractivity contribution is -0.385. The normalized spacial score (nSPS) is 13.7. The van der Waals surface area contributed by atoms with Gasteiger partial charge in [-0.15, -0.1) is 0 Å². The van der Waals surface area contributed by atoms with E-state index in [9.17, 15) is 32.9 Å². The topological polar surface area (TPSA) is 201 Å². The molecular weight excluding hydrogens is 495 g/mol. The number of alkyl halides is 3. The van der Waals surface area contributed by atoms with Crippen LogP contribution in [0.15, 0.2) is 12.1 Å². The molecule has 1 aromatic rings. The number of nitro benzene ring substituents is 1. The number of nitrogens with zero attached hydrogens (tertiary/aromatic N) is 1. The summed E-state index contributed by atoms with van der Waals surface area (Å²) < 4.78 is 47.1. The van der Waals surface area contributed by atoms with Gasteiger partial charge in [0.2, 0.25) is 6.79 Å². The number of amides is 1. The van der Waals surface area contributed by atoms with Crippen LogP contribution in [0.2, 0.25) is 0 Å². The van der Waals surface area contributed by atoms with E-state index in [0.29, 0.717) is 22.8 Å².